The van der Waals surface area contributed by atoms with Crippen LogP contribution in [0.25, 0.3) is 0 Å². The summed E-state index contributed by atoms with van der Waals surface area (Å²) in [5.74, 6) is 0.162. The van der Waals surface area contributed by atoms with Gasteiger partial charge in [-0.3, -0.25) is 4.79 Å². The molecular formula is C17H26N2O. The summed E-state index contributed by atoms with van der Waals surface area (Å²) in [5.41, 5.74) is 2.60. The average Bonchev–Trinajstić information content (AvgIpc) is 2.45. The summed E-state index contributed by atoms with van der Waals surface area (Å²) in [6.07, 6.45) is 6.35. The molecule has 0 aliphatic rings. The van der Waals surface area contributed by atoms with Crippen LogP contribution < -0.4 is 10.6 Å². The van der Waals surface area contributed by atoms with Gasteiger partial charge >= 0.3 is 0 Å². The van der Waals surface area contributed by atoms with Gasteiger partial charge in [-0.15, -0.1) is 0 Å². The van der Waals surface area contributed by atoms with Crippen molar-refractivity contribution in [3.63, 3.8) is 0 Å². The Bertz CT molecular complexity index is 415. The SMILES string of the molecule is C=CNCCCCCC(=O)NCCc1ccccc1C. The van der Waals surface area contributed by atoms with Gasteiger partial charge in [0.05, 0.1) is 0 Å². The first kappa shape index (κ1) is 16.3. The second-order valence-electron chi connectivity index (χ2n) is 5.00. The Morgan fingerprint density at radius 3 is 2.75 bits per heavy atom. The highest BCUT2D eigenvalue weighted by Gasteiger charge is 2.01. The lowest BCUT2D eigenvalue weighted by Crippen LogP contribution is -2.25. The van der Waals surface area contributed by atoms with Crippen molar-refractivity contribution in [1.82, 2.24) is 10.6 Å². The Hall–Kier alpha value is -1.77. The highest BCUT2D eigenvalue weighted by Crippen LogP contribution is 2.07. The first-order chi connectivity index (χ1) is 9.74. The number of unbranched alkanes of at least 4 members (excludes halogenated alkanes) is 2. The van der Waals surface area contributed by atoms with E-state index >= 15 is 0 Å². The van der Waals surface area contributed by atoms with Gasteiger partial charge in [0, 0.05) is 19.5 Å². The van der Waals surface area contributed by atoms with Gasteiger partial charge in [0.15, 0.2) is 0 Å². The molecule has 0 atom stereocenters. The Morgan fingerprint density at radius 2 is 2.00 bits per heavy atom. The molecule has 0 heterocycles. The molecule has 0 saturated heterocycles. The lowest BCUT2D eigenvalue weighted by Gasteiger charge is -2.07. The van der Waals surface area contributed by atoms with Crippen LogP contribution in [0, 0.1) is 6.92 Å². The van der Waals surface area contributed by atoms with E-state index in [2.05, 4.69) is 36.3 Å². The molecule has 3 nitrogen and oxygen atoms in total. The molecule has 1 rings (SSSR count). The molecule has 1 aromatic rings. The van der Waals surface area contributed by atoms with Crippen molar-refractivity contribution < 1.29 is 4.79 Å². The van der Waals surface area contributed by atoms with E-state index in [1.807, 2.05) is 12.1 Å². The predicted octanol–water partition coefficient (Wildman–Crippen LogP) is 2.95. The van der Waals surface area contributed by atoms with E-state index in [1.165, 1.54) is 11.1 Å². The van der Waals surface area contributed by atoms with Crippen LogP contribution in [-0.2, 0) is 11.2 Å². The highest BCUT2D eigenvalue weighted by molar-refractivity contribution is 5.75. The van der Waals surface area contributed by atoms with Gasteiger partial charge in [-0.05, 0) is 43.5 Å². The van der Waals surface area contributed by atoms with E-state index in [1.54, 1.807) is 6.20 Å². The minimum Gasteiger partial charge on any atom is -0.391 e. The molecule has 0 unspecified atom stereocenters. The molecule has 0 bridgehead atoms. The number of nitrogens with one attached hydrogen (secondary N) is 2. The Labute approximate surface area is 122 Å². The molecular weight excluding hydrogens is 248 g/mol. The van der Waals surface area contributed by atoms with Crippen molar-refractivity contribution in [2.75, 3.05) is 13.1 Å². The van der Waals surface area contributed by atoms with Crippen LogP contribution in [0.4, 0.5) is 0 Å². The van der Waals surface area contributed by atoms with Crippen LogP contribution in [0.1, 0.15) is 36.8 Å². The van der Waals surface area contributed by atoms with Crippen molar-refractivity contribution >= 4 is 5.91 Å². The quantitative estimate of drug-likeness (QED) is 0.644. The molecule has 2 N–H and O–H groups in total. The third kappa shape index (κ3) is 6.98. The summed E-state index contributed by atoms with van der Waals surface area (Å²) >= 11 is 0. The van der Waals surface area contributed by atoms with Crippen LogP contribution in [0.3, 0.4) is 0 Å². The number of benzene rings is 1. The fourth-order valence-corrected chi connectivity index (χ4v) is 2.11. The summed E-state index contributed by atoms with van der Waals surface area (Å²) in [7, 11) is 0. The van der Waals surface area contributed by atoms with Gasteiger partial charge in [-0.2, -0.15) is 0 Å². The van der Waals surface area contributed by atoms with Gasteiger partial charge in [0.1, 0.15) is 0 Å². The van der Waals surface area contributed by atoms with Gasteiger partial charge in [-0.1, -0.05) is 37.3 Å². The standard InChI is InChI=1S/C17H26N2O/c1-3-18-13-8-4-5-11-17(20)19-14-12-16-10-7-6-9-15(16)2/h3,6-7,9-10,18H,1,4-5,8,11-14H2,2H3,(H,19,20). The number of hydrogen-bond acceptors (Lipinski definition) is 2. The number of aryl methyl sites for hydroxylation is 1. The molecule has 0 saturated carbocycles. The van der Waals surface area contributed by atoms with E-state index in [0.717, 1.165) is 38.8 Å². The third-order valence-electron chi connectivity index (χ3n) is 3.35. The maximum atomic E-state index is 11.7. The number of hydrogen-bond donors (Lipinski definition) is 2. The first-order valence-electron chi connectivity index (χ1n) is 7.39. The maximum Gasteiger partial charge on any atom is 0.220 e. The summed E-state index contributed by atoms with van der Waals surface area (Å²) in [4.78, 5) is 11.7. The summed E-state index contributed by atoms with van der Waals surface area (Å²) in [5, 5.41) is 6.05. The molecule has 0 aliphatic carbocycles. The van der Waals surface area contributed by atoms with Crippen LogP contribution in [-0.4, -0.2) is 19.0 Å². The molecule has 1 amide bonds. The molecule has 0 spiro atoms. The van der Waals surface area contributed by atoms with Crippen molar-refractivity contribution in [2.45, 2.75) is 39.0 Å². The van der Waals surface area contributed by atoms with Crippen molar-refractivity contribution in [3.8, 4) is 0 Å². The minimum absolute atomic E-state index is 0.162. The third-order valence-corrected chi connectivity index (χ3v) is 3.35. The average molecular weight is 274 g/mol. The van der Waals surface area contributed by atoms with Gasteiger partial charge in [0.2, 0.25) is 5.91 Å². The van der Waals surface area contributed by atoms with Gasteiger partial charge < -0.3 is 10.6 Å². The highest BCUT2D eigenvalue weighted by atomic mass is 16.1. The maximum absolute atomic E-state index is 11.7. The van der Waals surface area contributed by atoms with Crippen LogP contribution in [0.5, 0.6) is 0 Å². The monoisotopic (exact) mass is 274 g/mol. The Morgan fingerprint density at radius 1 is 1.20 bits per heavy atom. The topological polar surface area (TPSA) is 41.1 Å². The zero-order valence-corrected chi connectivity index (χ0v) is 12.5. The second kappa shape index (κ2) is 10.1. The second-order valence-corrected chi connectivity index (χ2v) is 5.00. The Balaban J connectivity index is 2.06. The fourth-order valence-electron chi connectivity index (χ4n) is 2.11. The van der Waals surface area contributed by atoms with Crippen LogP contribution >= 0.6 is 0 Å². The summed E-state index contributed by atoms with van der Waals surface area (Å²) < 4.78 is 0. The van der Waals surface area contributed by atoms with Gasteiger partial charge in [-0.25, -0.2) is 0 Å². The van der Waals surface area contributed by atoms with E-state index in [-0.39, 0.29) is 5.91 Å². The molecule has 0 radical (unpaired) electrons. The van der Waals surface area contributed by atoms with Crippen LogP contribution in [0.15, 0.2) is 37.0 Å². The molecule has 0 fully saturated rings. The van der Waals surface area contributed by atoms with Crippen LogP contribution in [0.2, 0.25) is 0 Å². The zero-order valence-electron chi connectivity index (χ0n) is 12.5. The number of rotatable bonds is 10. The zero-order chi connectivity index (χ0) is 14.6. The van der Waals surface area contributed by atoms with Crippen molar-refractivity contribution in [3.05, 3.63) is 48.2 Å². The molecule has 110 valence electrons. The van der Waals surface area contributed by atoms with Crippen molar-refractivity contribution in [2.24, 2.45) is 0 Å². The lowest BCUT2D eigenvalue weighted by molar-refractivity contribution is -0.121. The number of carbonyl (C=O) groups is 1. The normalized spacial score (nSPS) is 10.1. The van der Waals surface area contributed by atoms with Gasteiger partial charge in [0.25, 0.3) is 0 Å². The Kier molecular flexibility index (Phi) is 8.20. The van der Waals surface area contributed by atoms with E-state index in [4.69, 9.17) is 0 Å². The van der Waals surface area contributed by atoms with E-state index in [9.17, 15) is 4.79 Å². The number of amides is 1. The molecule has 1 aromatic carbocycles. The lowest BCUT2D eigenvalue weighted by atomic mass is 10.1. The van der Waals surface area contributed by atoms with Crippen molar-refractivity contribution in [1.29, 1.82) is 0 Å². The number of carbonyl (C=O) groups excluding carboxylic acids is 1. The fraction of sp³-hybridized carbons (Fsp3) is 0.471. The van der Waals surface area contributed by atoms with E-state index < -0.39 is 0 Å². The van der Waals surface area contributed by atoms with E-state index in [0.29, 0.717) is 6.42 Å². The summed E-state index contributed by atoms with van der Waals surface area (Å²) in [6, 6.07) is 8.31. The first-order valence-corrected chi connectivity index (χ1v) is 7.39. The smallest absolute Gasteiger partial charge is 0.220 e. The molecule has 3 heteroatoms. The summed E-state index contributed by atoms with van der Waals surface area (Å²) in [6.45, 7) is 7.37. The molecule has 0 aliphatic heterocycles. The largest absolute Gasteiger partial charge is 0.391 e. The minimum atomic E-state index is 0.162. The molecule has 0 aromatic heterocycles. The molecule has 20 heavy (non-hydrogen) atoms. The predicted molar refractivity (Wildman–Crippen MR) is 84.6 cm³/mol.